The Kier molecular flexibility index (Phi) is 5.47. The number of rotatable bonds is 3. The zero-order chi connectivity index (χ0) is 22.4. The Hall–Kier alpha value is -2.58. The van der Waals surface area contributed by atoms with E-state index < -0.39 is 17.3 Å². The second-order valence-corrected chi connectivity index (χ2v) is 8.29. The third-order valence-electron chi connectivity index (χ3n) is 5.71. The highest BCUT2D eigenvalue weighted by Gasteiger charge is 2.50. The van der Waals surface area contributed by atoms with Gasteiger partial charge in [0.2, 0.25) is 0 Å². The summed E-state index contributed by atoms with van der Waals surface area (Å²) in [5, 5.41) is 10.1. The molecule has 1 heterocycles. The molecule has 2 aromatic carbocycles. The number of benzene rings is 2. The molecule has 2 aromatic rings. The number of hydrogen-bond acceptors (Lipinski definition) is 3. The molecule has 5 nitrogen and oxygen atoms in total. The molecular formula is C22H20ClF3N2O3. The van der Waals surface area contributed by atoms with Crippen molar-refractivity contribution >= 4 is 23.4 Å². The van der Waals surface area contributed by atoms with E-state index >= 15 is 0 Å². The van der Waals surface area contributed by atoms with Gasteiger partial charge in [-0.2, -0.15) is 13.2 Å². The Morgan fingerprint density at radius 2 is 1.52 bits per heavy atom. The van der Waals surface area contributed by atoms with E-state index in [0.717, 1.165) is 12.1 Å². The van der Waals surface area contributed by atoms with E-state index in [1.807, 2.05) is 0 Å². The first kappa shape index (κ1) is 21.6. The van der Waals surface area contributed by atoms with Crippen LogP contribution in [0.5, 0.6) is 0 Å². The number of piperazine rings is 1. The van der Waals surface area contributed by atoms with Crippen molar-refractivity contribution in [3.63, 3.8) is 0 Å². The molecule has 31 heavy (non-hydrogen) atoms. The zero-order valence-electron chi connectivity index (χ0n) is 16.5. The highest BCUT2D eigenvalue weighted by atomic mass is 35.5. The maximum absolute atomic E-state index is 13.0. The molecule has 1 saturated carbocycles. The summed E-state index contributed by atoms with van der Waals surface area (Å²) in [6, 6.07) is 9.36. The molecule has 2 fully saturated rings. The van der Waals surface area contributed by atoms with E-state index in [2.05, 4.69) is 0 Å². The number of carbonyl (C=O) groups is 2. The fraction of sp³-hybridized carbons (Fsp3) is 0.364. The molecule has 4 rings (SSSR count). The van der Waals surface area contributed by atoms with Gasteiger partial charge in [0, 0.05) is 42.3 Å². The second-order valence-electron chi connectivity index (χ2n) is 7.89. The Bertz CT molecular complexity index is 1010. The normalized spacial score (nSPS) is 18.1. The lowest BCUT2D eigenvalue weighted by Crippen LogP contribution is -2.53. The van der Waals surface area contributed by atoms with Crippen LogP contribution >= 0.6 is 11.6 Å². The Labute approximate surface area is 182 Å². The zero-order valence-corrected chi connectivity index (χ0v) is 17.2. The minimum Gasteiger partial charge on any atom is -0.380 e. The van der Waals surface area contributed by atoms with E-state index in [4.69, 9.17) is 11.6 Å². The van der Waals surface area contributed by atoms with E-state index in [0.29, 0.717) is 50.1 Å². The minimum absolute atomic E-state index is 0.185. The predicted octanol–water partition coefficient (Wildman–Crippen LogP) is 3.84. The first-order chi connectivity index (χ1) is 14.6. The van der Waals surface area contributed by atoms with Crippen molar-refractivity contribution in [2.24, 2.45) is 0 Å². The van der Waals surface area contributed by atoms with E-state index in [1.54, 1.807) is 34.1 Å². The SMILES string of the molecule is O=C(c1ccc(-c2cc(C(F)(F)F)ccc2Cl)cc1)N1CCN(C(=O)C2(O)CC2)CC1. The van der Waals surface area contributed by atoms with E-state index in [1.165, 1.54) is 6.07 Å². The van der Waals surface area contributed by atoms with Crippen molar-refractivity contribution in [3.8, 4) is 11.1 Å². The second kappa shape index (κ2) is 7.84. The average molecular weight is 453 g/mol. The minimum atomic E-state index is -4.48. The molecule has 1 N–H and O–H groups in total. The first-order valence-corrected chi connectivity index (χ1v) is 10.2. The van der Waals surface area contributed by atoms with Gasteiger partial charge in [-0.1, -0.05) is 23.7 Å². The highest BCUT2D eigenvalue weighted by molar-refractivity contribution is 6.33. The van der Waals surface area contributed by atoms with Crippen LogP contribution in [0.3, 0.4) is 0 Å². The third kappa shape index (κ3) is 4.41. The number of hydrogen-bond donors (Lipinski definition) is 1. The summed E-state index contributed by atoms with van der Waals surface area (Å²) in [5.74, 6) is -0.499. The largest absolute Gasteiger partial charge is 0.416 e. The van der Waals surface area contributed by atoms with Crippen LogP contribution in [0.1, 0.15) is 28.8 Å². The van der Waals surface area contributed by atoms with Crippen LogP contribution in [0.15, 0.2) is 42.5 Å². The van der Waals surface area contributed by atoms with Gasteiger partial charge in [-0.25, -0.2) is 0 Å². The molecule has 1 aliphatic heterocycles. The summed E-state index contributed by atoms with van der Waals surface area (Å²) >= 11 is 6.09. The standard InChI is InChI=1S/C22H20ClF3N2O3/c23-18-6-5-16(22(24,25)26)13-17(18)14-1-3-15(4-2-14)19(29)27-9-11-28(12-10-27)20(30)21(31)7-8-21/h1-6,13,31H,7-12H2. The lowest BCUT2D eigenvalue weighted by atomic mass is 10.0. The first-order valence-electron chi connectivity index (χ1n) is 9.87. The molecule has 0 bridgehead atoms. The van der Waals surface area contributed by atoms with Gasteiger partial charge >= 0.3 is 6.18 Å². The number of alkyl halides is 3. The summed E-state index contributed by atoms with van der Waals surface area (Å²) in [6.07, 6.45) is -3.52. The van der Waals surface area contributed by atoms with Crippen LogP contribution < -0.4 is 0 Å². The molecule has 2 amide bonds. The number of carbonyl (C=O) groups excluding carboxylic acids is 2. The Balaban J connectivity index is 1.44. The molecular weight excluding hydrogens is 433 g/mol. The quantitative estimate of drug-likeness (QED) is 0.770. The van der Waals surface area contributed by atoms with Crippen LogP contribution in [-0.2, 0) is 11.0 Å². The van der Waals surface area contributed by atoms with Gasteiger partial charge in [0.15, 0.2) is 0 Å². The van der Waals surface area contributed by atoms with Crippen LogP contribution in [0, 0.1) is 0 Å². The number of aliphatic hydroxyl groups is 1. The molecule has 2 aliphatic rings. The van der Waals surface area contributed by atoms with Gasteiger partial charge in [-0.3, -0.25) is 9.59 Å². The van der Waals surface area contributed by atoms with Crippen molar-refractivity contribution in [1.29, 1.82) is 0 Å². The van der Waals surface area contributed by atoms with Crippen molar-refractivity contribution in [3.05, 3.63) is 58.6 Å². The predicted molar refractivity (Wildman–Crippen MR) is 109 cm³/mol. The van der Waals surface area contributed by atoms with E-state index in [-0.39, 0.29) is 22.4 Å². The summed E-state index contributed by atoms with van der Waals surface area (Å²) in [5.41, 5.74) is -0.906. The van der Waals surface area contributed by atoms with Gasteiger partial charge in [0.05, 0.1) is 5.56 Å². The van der Waals surface area contributed by atoms with Crippen LogP contribution in [0.2, 0.25) is 5.02 Å². The lowest BCUT2D eigenvalue weighted by Gasteiger charge is -2.35. The molecule has 1 aliphatic carbocycles. The molecule has 0 spiro atoms. The molecule has 0 aromatic heterocycles. The maximum Gasteiger partial charge on any atom is 0.416 e. The molecule has 0 unspecified atom stereocenters. The van der Waals surface area contributed by atoms with Gasteiger partial charge < -0.3 is 14.9 Å². The Morgan fingerprint density at radius 3 is 2.06 bits per heavy atom. The monoisotopic (exact) mass is 452 g/mol. The molecule has 0 radical (unpaired) electrons. The Morgan fingerprint density at radius 1 is 0.935 bits per heavy atom. The summed E-state index contributed by atoms with van der Waals surface area (Å²) < 4.78 is 39.0. The van der Waals surface area contributed by atoms with Gasteiger partial charge in [-0.15, -0.1) is 0 Å². The highest BCUT2D eigenvalue weighted by Crippen LogP contribution is 2.37. The summed E-state index contributed by atoms with van der Waals surface area (Å²) in [7, 11) is 0. The average Bonchev–Trinajstić information content (AvgIpc) is 3.51. The van der Waals surface area contributed by atoms with Gasteiger partial charge in [0.25, 0.3) is 11.8 Å². The van der Waals surface area contributed by atoms with Crippen molar-refractivity contribution in [1.82, 2.24) is 9.80 Å². The van der Waals surface area contributed by atoms with Gasteiger partial charge in [-0.05, 0) is 48.7 Å². The van der Waals surface area contributed by atoms with Crippen LogP contribution in [0.25, 0.3) is 11.1 Å². The van der Waals surface area contributed by atoms with Crippen LogP contribution in [-0.4, -0.2) is 58.5 Å². The summed E-state index contributed by atoms with van der Waals surface area (Å²) in [6.45, 7) is 1.40. The maximum atomic E-state index is 13.0. The van der Waals surface area contributed by atoms with E-state index in [9.17, 15) is 27.9 Å². The molecule has 1 saturated heterocycles. The lowest BCUT2D eigenvalue weighted by molar-refractivity contribution is -0.144. The van der Waals surface area contributed by atoms with Crippen LogP contribution in [0.4, 0.5) is 13.2 Å². The fourth-order valence-corrected chi connectivity index (χ4v) is 3.86. The van der Waals surface area contributed by atoms with Crippen molar-refractivity contribution in [2.45, 2.75) is 24.6 Å². The third-order valence-corrected chi connectivity index (χ3v) is 6.04. The molecule has 164 valence electrons. The number of amides is 2. The molecule has 9 heteroatoms. The van der Waals surface area contributed by atoms with Gasteiger partial charge in [0.1, 0.15) is 5.60 Å². The smallest absolute Gasteiger partial charge is 0.380 e. The topological polar surface area (TPSA) is 60.9 Å². The van der Waals surface area contributed by atoms with Crippen molar-refractivity contribution in [2.75, 3.05) is 26.2 Å². The number of halogens is 4. The molecule has 0 atom stereocenters. The number of nitrogens with zero attached hydrogens (tertiary/aromatic N) is 2. The summed E-state index contributed by atoms with van der Waals surface area (Å²) in [4.78, 5) is 28.2. The van der Waals surface area contributed by atoms with Crippen molar-refractivity contribution < 1.29 is 27.9 Å². The fourth-order valence-electron chi connectivity index (χ4n) is 3.64.